The van der Waals surface area contributed by atoms with Crippen LogP contribution in [0, 0.1) is 12.8 Å². The molecule has 0 saturated heterocycles. The summed E-state index contributed by atoms with van der Waals surface area (Å²) in [4.78, 5) is 1.35. The number of hydrogen-bond acceptors (Lipinski definition) is 3. The van der Waals surface area contributed by atoms with E-state index >= 15 is 0 Å². The van der Waals surface area contributed by atoms with Crippen molar-refractivity contribution in [3.63, 3.8) is 0 Å². The highest BCUT2D eigenvalue weighted by Crippen LogP contribution is 2.24. The minimum Gasteiger partial charge on any atom is -0.271 e. The van der Waals surface area contributed by atoms with Crippen molar-refractivity contribution in [1.82, 2.24) is 5.43 Å². The van der Waals surface area contributed by atoms with Crippen LogP contribution in [-0.2, 0) is 0 Å². The molecule has 3 N–H and O–H groups in total. The first-order valence-electron chi connectivity index (χ1n) is 4.64. The second-order valence-electron chi connectivity index (χ2n) is 3.84. The van der Waals surface area contributed by atoms with E-state index < -0.39 is 0 Å². The largest absolute Gasteiger partial charge is 0.271 e. The average molecular weight is 198 g/mol. The van der Waals surface area contributed by atoms with E-state index in [9.17, 15) is 0 Å². The maximum atomic E-state index is 5.52. The van der Waals surface area contributed by atoms with Gasteiger partial charge in [-0.25, -0.2) is 0 Å². The van der Waals surface area contributed by atoms with Crippen LogP contribution in [0.5, 0.6) is 0 Å². The van der Waals surface area contributed by atoms with Crippen molar-refractivity contribution in [1.29, 1.82) is 0 Å². The summed E-state index contributed by atoms with van der Waals surface area (Å²) >= 11 is 1.78. The third kappa shape index (κ3) is 3.10. The first-order chi connectivity index (χ1) is 6.13. The van der Waals surface area contributed by atoms with Crippen LogP contribution in [0.15, 0.2) is 11.4 Å². The summed E-state index contributed by atoms with van der Waals surface area (Å²) in [6.45, 7) is 6.55. The second-order valence-corrected chi connectivity index (χ2v) is 4.95. The second kappa shape index (κ2) is 4.74. The Balaban J connectivity index is 2.66. The molecule has 3 heteroatoms. The first-order valence-corrected chi connectivity index (χ1v) is 5.52. The quantitative estimate of drug-likeness (QED) is 0.576. The van der Waals surface area contributed by atoms with Crippen molar-refractivity contribution < 1.29 is 0 Å². The Labute approximate surface area is 84.1 Å². The molecule has 74 valence electrons. The normalized spacial score (nSPS) is 13.6. The minimum atomic E-state index is 0.310. The van der Waals surface area contributed by atoms with Crippen molar-refractivity contribution in [3.8, 4) is 0 Å². The number of aryl methyl sites for hydroxylation is 1. The number of hydrazine groups is 1. The minimum absolute atomic E-state index is 0.310. The van der Waals surface area contributed by atoms with Gasteiger partial charge in [0.15, 0.2) is 0 Å². The maximum Gasteiger partial charge on any atom is 0.0470 e. The molecule has 0 saturated carbocycles. The van der Waals surface area contributed by atoms with Crippen molar-refractivity contribution >= 4 is 11.3 Å². The third-order valence-corrected chi connectivity index (χ3v) is 2.94. The fourth-order valence-electron chi connectivity index (χ4n) is 1.42. The van der Waals surface area contributed by atoms with Gasteiger partial charge in [-0.15, -0.1) is 11.3 Å². The Morgan fingerprint density at radius 3 is 2.62 bits per heavy atom. The molecule has 0 spiro atoms. The molecular formula is C10H18N2S. The molecule has 0 aliphatic heterocycles. The lowest BCUT2D eigenvalue weighted by Crippen LogP contribution is -2.28. The molecule has 13 heavy (non-hydrogen) atoms. The molecule has 0 amide bonds. The van der Waals surface area contributed by atoms with Gasteiger partial charge in [0, 0.05) is 10.9 Å². The van der Waals surface area contributed by atoms with Gasteiger partial charge in [-0.3, -0.25) is 11.3 Å². The molecule has 0 aliphatic rings. The van der Waals surface area contributed by atoms with Crippen LogP contribution in [0.3, 0.4) is 0 Å². The summed E-state index contributed by atoms with van der Waals surface area (Å²) in [7, 11) is 0. The highest BCUT2D eigenvalue weighted by molar-refractivity contribution is 7.10. The van der Waals surface area contributed by atoms with Crippen LogP contribution in [0.25, 0.3) is 0 Å². The summed E-state index contributed by atoms with van der Waals surface area (Å²) in [5.74, 6) is 6.18. The monoisotopic (exact) mass is 198 g/mol. The Morgan fingerprint density at radius 1 is 1.54 bits per heavy atom. The summed E-state index contributed by atoms with van der Waals surface area (Å²) in [6, 6.07) is 2.52. The molecule has 1 aromatic heterocycles. The van der Waals surface area contributed by atoms with E-state index in [1.54, 1.807) is 11.3 Å². The molecule has 0 aromatic carbocycles. The number of hydrogen-bond donors (Lipinski definition) is 2. The molecule has 2 nitrogen and oxygen atoms in total. The van der Waals surface area contributed by atoms with Crippen LogP contribution in [0.2, 0.25) is 0 Å². The van der Waals surface area contributed by atoms with E-state index in [0.717, 1.165) is 6.42 Å². The summed E-state index contributed by atoms with van der Waals surface area (Å²) < 4.78 is 0. The number of thiophene rings is 1. The third-order valence-electron chi connectivity index (χ3n) is 2.06. The number of nitrogens with one attached hydrogen (secondary N) is 1. The molecular weight excluding hydrogens is 180 g/mol. The van der Waals surface area contributed by atoms with E-state index in [1.807, 2.05) is 0 Å². The van der Waals surface area contributed by atoms with Gasteiger partial charge in [-0.2, -0.15) is 0 Å². The van der Waals surface area contributed by atoms with Crippen molar-refractivity contribution in [3.05, 3.63) is 21.9 Å². The van der Waals surface area contributed by atoms with Gasteiger partial charge in [-0.05, 0) is 36.3 Å². The Kier molecular flexibility index (Phi) is 3.90. The molecule has 0 aliphatic carbocycles. The maximum absolute atomic E-state index is 5.52. The molecule has 0 radical (unpaired) electrons. The molecule has 0 bridgehead atoms. The highest BCUT2D eigenvalue weighted by Gasteiger charge is 2.12. The van der Waals surface area contributed by atoms with E-state index in [-0.39, 0.29) is 0 Å². The van der Waals surface area contributed by atoms with Crippen LogP contribution in [0.4, 0.5) is 0 Å². The molecule has 0 fully saturated rings. The Morgan fingerprint density at radius 2 is 2.23 bits per heavy atom. The van der Waals surface area contributed by atoms with Gasteiger partial charge in [0.05, 0.1) is 0 Å². The smallest absolute Gasteiger partial charge is 0.0470 e. The first kappa shape index (κ1) is 10.7. The SMILES string of the molecule is Cc1cc(C(CC(C)C)NN)cs1. The summed E-state index contributed by atoms with van der Waals surface area (Å²) in [5.41, 5.74) is 4.19. The van der Waals surface area contributed by atoms with Gasteiger partial charge >= 0.3 is 0 Å². The molecule has 1 unspecified atom stereocenters. The summed E-state index contributed by atoms with van der Waals surface area (Å²) in [6.07, 6.45) is 1.09. The summed E-state index contributed by atoms with van der Waals surface area (Å²) in [5, 5.41) is 2.18. The fraction of sp³-hybridized carbons (Fsp3) is 0.600. The molecule has 1 heterocycles. The Hall–Kier alpha value is -0.380. The standard InChI is InChI=1S/C10H18N2S/c1-7(2)4-10(12-11)9-5-8(3)13-6-9/h5-7,10,12H,4,11H2,1-3H3. The van der Waals surface area contributed by atoms with E-state index in [1.165, 1.54) is 10.4 Å². The van der Waals surface area contributed by atoms with Gasteiger partial charge in [0.2, 0.25) is 0 Å². The van der Waals surface area contributed by atoms with Crippen molar-refractivity contribution in [2.24, 2.45) is 11.8 Å². The average Bonchev–Trinajstić information content (AvgIpc) is 2.47. The predicted molar refractivity (Wildman–Crippen MR) is 58.6 cm³/mol. The molecule has 1 aromatic rings. The number of nitrogens with two attached hydrogens (primary N) is 1. The zero-order valence-electron chi connectivity index (χ0n) is 8.50. The van der Waals surface area contributed by atoms with E-state index in [4.69, 9.17) is 5.84 Å². The predicted octanol–water partition coefficient (Wildman–Crippen LogP) is 2.61. The van der Waals surface area contributed by atoms with Gasteiger partial charge in [-0.1, -0.05) is 13.8 Å². The molecule has 1 rings (SSSR count). The van der Waals surface area contributed by atoms with Crippen LogP contribution in [0.1, 0.15) is 36.8 Å². The Bertz CT molecular complexity index is 255. The fourth-order valence-corrected chi connectivity index (χ4v) is 2.18. The molecule has 1 atom stereocenters. The van der Waals surface area contributed by atoms with E-state index in [0.29, 0.717) is 12.0 Å². The van der Waals surface area contributed by atoms with Crippen LogP contribution < -0.4 is 11.3 Å². The number of rotatable bonds is 4. The topological polar surface area (TPSA) is 38.0 Å². The van der Waals surface area contributed by atoms with Crippen molar-refractivity contribution in [2.45, 2.75) is 33.2 Å². The zero-order valence-corrected chi connectivity index (χ0v) is 9.32. The van der Waals surface area contributed by atoms with E-state index in [2.05, 4.69) is 37.6 Å². The zero-order chi connectivity index (χ0) is 9.84. The van der Waals surface area contributed by atoms with Crippen LogP contribution >= 0.6 is 11.3 Å². The van der Waals surface area contributed by atoms with Gasteiger partial charge in [0.25, 0.3) is 0 Å². The lowest BCUT2D eigenvalue weighted by Gasteiger charge is -2.16. The van der Waals surface area contributed by atoms with Gasteiger partial charge in [0.1, 0.15) is 0 Å². The highest BCUT2D eigenvalue weighted by atomic mass is 32.1. The van der Waals surface area contributed by atoms with Crippen molar-refractivity contribution in [2.75, 3.05) is 0 Å². The van der Waals surface area contributed by atoms with Crippen LogP contribution in [-0.4, -0.2) is 0 Å². The lowest BCUT2D eigenvalue weighted by molar-refractivity contribution is 0.439. The van der Waals surface area contributed by atoms with Gasteiger partial charge < -0.3 is 0 Å². The lowest BCUT2D eigenvalue weighted by atomic mass is 10.00.